The van der Waals surface area contributed by atoms with Crippen LogP contribution in [0.5, 0.6) is 0 Å². The first-order valence-electron chi connectivity index (χ1n) is 9.67. The maximum atomic E-state index is 13.1. The summed E-state index contributed by atoms with van der Waals surface area (Å²) in [5, 5.41) is 4.45. The van der Waals surface area contributed by atoms with Gasteiger partial charge in [-0.05, 0) is 23.8 Å². The van der Waals surface area contributed by atoms with Crippen LogP contribution in [0.1, 0.15) is 21.7 Å². The highest BCUT2D eigenvalue weighted by Gasteiger charge is 2.33. The maximum Gasteiger partial charge on any atom is 0.256 e. The lowest BCUT2D eigenvalue weighted by Crippen LogP contribution is -2.41. The van der Waals surface area contributed by atoms with E-state index < -0.39 is 9.84 Å². The molecule has 0 saturated carbocycles. The molecule has 9 heteroatoms. The van der Waals surface area contributed by atoms with Gasteiger partial charge in [0, 0.05) is 44.5 Å². The summed E-state index contributed by atoms with van der Waals surface area (Å²) in [5.41, 5.74) is 3.33. The van der Waals surface area contributed by atoms with Crippen LogP contribution in [-0.4, -0.2) is 65.0 Å². The Morgan fingerprint density at radius 1 is 1.03 bits per heavy atom. The normalized spacial score (nSPS) is 18.4. The van der Waals surface area contributed by atoms with E-state index >= 15 is 0 Å². The molecular formula is C20H21N5O3S. The molecule has 0 radical (unpaired) electrons. The van der Waals surface area contributed by atoms with Crippen molar-refractivity contribution in [3.05, 3.63) is 59.5 Å². The number of fused-ring (bicyclic) bond motifs is 2. The summed E-state index contributed by atoms with van der Waals surface area (Å²) >= 11 is 0. The lowest BCUT2D eigenvalue weighted by molar-refractivity contribution is 0.0780. The topological polar surface area (TPSA) is 87.9 Å². The van der Waals surface area contributed by atoms with Gasteiger partial charge in [-0.25, -0.2) is 17.9 Å². The van der Waals surface area contributed by atoms with Crippen molar-refractivity contribution in [1.82, 2.24) is 19.5 Å². The minimum atomic E-state index is -2.97. The summed E-state index contributed by atoms with van der Waals surface area (Å²) in [6, 6.07) is 11.6. The molecule has 2 aromatic heterocycles. The molecule has 150 valence electrons. The van der Waals surface area contributed by atoms with E-state index in [2.05, 4.69) is 10.1 Å². The number of benzene rings is 1. The molecule has 8 nitrogen and oxygen atoms in total. The zero-order valence-corrected chi connectivity index (χ0v) is 16.7. The van der Waals surface area contributed by atoms with Crippen molar-refractivity contribution in [1.29, 1.82) is 0 Å². The minimum absolute atomic E-state index is 0.00667. The number of aromatic nitrogens is 3. The zero-order chi connectivity index (χ0) is 20.0. The number of carbonyl (C=O) groups is 1. The van der Waals surface area contributed by atoms with Crippen LogP contribution in [0.2, 0.25) is 0 Å². The number of hydrogen-bond donors (Lipinski definition) is 0. The molecule has 0 aliphatic carbocycles. The number of sulfone groups is 1. The average molecular weight is 411 g/mol. The predicted molar refractivity (Wildman–Crippen MR) is 109 cm³/mol. The Balaban J connectivity index is 1.33. The second kappa shape index (κ2) is 6.84. The Hall–Kier alpha value is -2.94. The Kier molecular flexibility index (Phi) is 4.27. The number of amides is 1. The molecule has 2 aliphatic heterocycles. The fraction of sp³-hybridized carbons (Fsp3) is 0.350. The molecule has 4 heterocycles. The van der Waals surface area contributed by atoms with Gasteiger partial charge < -0.3 is 9.80 Å². The van der Waals surface area contributed by atoms with Crippen LogP contribution >= 0.6 is 0 Å². The van der Waals surface area contributed by atoms with E-state index in [1.807, 2.05) is 52.4 Å². The van der Waals surface area contributed by atoms with Crippen LogP contribution in [0.25, 0.3) is 5.65 Å². The van der Waals surface area contributed by atoms with E-state index in [4.69, 9.17) is 0 Å². The summed E-state index contributed by atoms with van der Waals surface area (Å²) in [6.07, 6.45) is 2.44. The van der Waals surface area contributed by atoms with E-state index in [1.165, 1.54) is 0 Å². The third-order valence-electron chi connectivity index (χ3n) is 5.57. The van der Waals surface area contributed by atoms with Gasteiger partial charge >= 0.3 is 0 Å². The zero-order valence-electron chi connectivity index (χ0n) is 15.9. The smallest absolute Gasteiger partial charge is 0.256 e. The number of hydrogen-bond acceptors (Lipinski definition) is 6. The van der Waals surface area contributed by atoms with Crippen LogP contribution in [0.15, 0.2) is 42.6 Å². The summed E-state index contributed by atoms with van der Waals surface area (Å²) in [5.74, 6) is 0.969. The van der Waals surface area contributed by atoms with Gasteiger partial charge in [-0.1, -0.05) is 18.2 Å². The highest BCUT2D eigenvalue weighted by atomic mass is 32.2. The second-order valence-corrected chi connectivity index (χ2v) is 9.76. The van der Waals surface area contributed by atoms with Gasteiger partial charge in [0.1, 0.15) is 0 Å². The Bertz CT molecular complexity index is 1160. The number of rotatable bonds is 4. The molecule has 2 aliphatic rings. The quantitative estimate of drug-likeness (QED) is 0.640. The van der Waals surface area contributed by atoms with Crippen molar-refractivity contribution in [2.45, 2.75) is 13.0 Å². The van der Waals surface area contributed by atoms with Gasteiger partial charge in [-0.3, -0.25) is 4.79 Å². The monoisotopic (exact) mass is 411 g/mol. The molecule has 3 aromatic rings. The third-order valence-corrected chi connectivity index (χ3v) is 7.18. The van der Waals surface area contributed by atoms with Crippen LogP contribution in [-0.2, 0) is 22.8 Å². The van der Waals surface area contributed by atoms with Crippen molar-refractivity contribution >= 4 is 27.1 Å². The van der Waals surface area contributed by atoms with Crippen LogP contribution in [0.4, 0.5) is 5.69 Å². The van der Waals surface area contributed by atoms with Crippen molar-refractivity contribution in [2.24, 2.45) is 0 Å². The van der Waals surface area contributed by atoms with Crippen molar-refractivity contribution in [3.63, 3.8) is 0 Å². The Morgan fingerprint density at radius 3 is 2.66 bits per heavy atom. The molecule has 0 unspecified atom stereocenters. The van der Waals surface area contributed by atoms with E-state index in [1.54, 1.807) is 4.52 Å². The van der Waals surface area contributed by atoms with Crippen LogP contribution in [0, 0.1) is 0 Å². The molecular weight excluding hydrogens is 390 g/mol. The summed E-state index contributed by atoms with van der Waals surface area (Å²) in [4.78, 5) is 21.5. The summed E-state index contributed by atoms with van der Waals surface area (Å²) in [6.45, 7) is 1.95. The molecule has 0 spiro atoms. The molecule has 29 heavy (non-hydrogen) atoms. The maximum absolute atomic E-state index is 13.1. The molecule has 0 N–H and O–H groups in total. The van der Waals surface area contributed by atoms with Crippen LogP contribution in [0.3, 0.4) is 0 Å². The van der Waals surface area contributed by atoms with Gasteiger partial charge in [-0.15, -0.1) is 0 Å². The Labute approximate surface area is 168 Å². The van der Waals surface area contributed by atoms with Gasteiger partial charge in [0.15, 0.2) is 21.3 Å². The standard InChI is InChI=1S/C20H21N5O3S/c26-20-19-15(4-3-5-16(19)23-10-12-29(27,28)13-11-23)14-24(20)9-7-17-21-18-6-1-2-8-25(18)22-17/h1-6,8H,7,9-14H2. The highest BCUT2D eigenvalue weighted by Crippen LogP contribution is 2.32. The number of carbonyl (C=O) groups excluding carboxylic acids is 1. The van der Waals surface area contributed by atoms with E-state index in [-0.39, 0.29) is 17.4 Å². The third kappa shape index (κ3) is 3.35. The predicted octanol–water partition coefficient (Wildman–Crippen LogP) is 1.16. The first-order valence-corrected chi connectivity index (χ1v) is 11.5. The SMILES string of the molecule is O=C1c2c(cccc2N2CCS(=O)(=O)CC2)CN1CCc1nc2ccccn2n1. The van der Waals surface area contributed by atoms with Gasteiger partial charge in [-0.2, -0.15) is 5.10 Å². The molecule has 1 saturated heterocycles. The number of pyridine rings is 1. The fourth-order valence-corrected chi connectivity index (χ4v) is 5.22. The average Bonchev–Trinajstić information content (AvgIpc) is 3.27. The largest absolute Gasteiger partial charge is 0.369 e. The molecule has 1 fully saturated rings. The van der Waals surface area contributed by atoms with Gasteiger partial charge in [0.2, 0.25) is 0 Å². The highest BCUT2D eigenvalue weighted by molar-refractivity contribution is 7.91. The molecule has 0 atom stereocenters. The van der Waals surface area contributed by atoms with E-state index in [0.29, 0.717) is 44.0 Å². The molecule has 5 rings (SSSR count). The summed E-state index contributed by atoms with van der Waals surface area (Å²) < 4.78 is 25.2. The molecule has 0 bridgehead atoms. The van der Waals surface area contributed by atoms with Gasteiger partial charge in [0.05, 0.1) is 17.1 Å². The first kappa shape index (κ1) is 18.1. The summed E-state index contributed by atoms with van der Waals surface area (Å²) in [7, 11) is -2.97. The molecule has 1 amide bonds. The number of nitrogens with zero attached hydrogens (tertiary/aromatic N) is 5. The van der Waals surface area contributed by atoms with Crippen molar-refractivity contribution in [2.75, 3.05) is 36.0 Å². The van der Waals surface area contributed by atoms with Gasteiger partial charge in [0.25, 0.3) is 5.91 Å². The minimum Gasteiger partial charge on any atom is -0.369 e. The van der Waals surface area contributed by atoms with Crippen molar-refractivity contribution < 1.29 is 13.2 Å². The fourth-order valence-electron chi connectivity index (χ4n) is 4.02. The lowest BCUT2D eigenvalue weighted by Gasteiger charge is -2.30. The van der Waals surface area contributed by atoms with Crippen LogP contribution < -0.4 is 4.90 Å². The van der Waals surface area contributed by atoms with E-state index in [9.17, 15) is 13.2 Å². The Morgan fingerprint density at radius 2 is 1.86 bits per heavy atom. The van der Waals surface area contributed by atoms with E-state index in [0.717, 1.165) is 16.9 Å². The first-order chi connectivity index (χ1) is 14.0. The molecule has 1 aromatic carbocycles. The lowest BCUT2D eigenvalue weighted by atomic mass is 10.1. The second-order valence-electron chi connectivity index (χ2n) is 7.46. The van der Waals surface area contributed by atoms with Crippen molar-refractivity contribution in [3.8, 4) is 0 Å². The number of anilines is 1.